The van der Waals surface area contributed by atoms with Crippen molar-refractivity contribution in [3.05, 3.63) is 44.6 Å². The molecule has 1 aliphatic heterocycles. The van der Waals surface area contributed by atoms with E-state index in [1.165, 1.54) is 10.4 Å². The van der Waals surface area contributed by atoms with Crippen molar-refractivity contribution in [2.45, 2.75) is 13.0 Å². The Morgan fingerprint density at radius 3 is 3.00 bits per heavy atom. The van der Waals surface area contributed by atoms with Gasteiger partial charge in [0.25, 0.3) is 0 Å². The molecule has 1 aliphatic rings. The van der Waals surface area contributed by atoms with Crippen LogP contribution in [0.4, 0.5) is 5.69 Å². The van der Waals surface area contributed by atoms with Crippen molar-refractivity contribution in [2.24, 2.45) is 0 Å². The number of halogens is 1. The highest BCUT2D eigenvalue weighted by molar-refractivity contribution is 9.11. The van der Waals surface area contributed by atoms with Gasteiger partial charge >= 0.3 is 0 Å². The minimum atomic E-state index is 0.111. The molecule has 0 bridgehead atoms. The minimum absolute atomic E-state index is 0.111. The SMILES string of the molecule is Cc1cccc2c1OC(c1ccc(Br)s1)CN2. The first kappa shape index (κ1) is 11.1. The van der Waals surface area contributed by atoms with Crippen LogP contribution in [0.5, 0.6) is 5.75 Å². The summed E-state index contributed by atoms with van der Waals surface area (Å²) in [6.07, 6.45) is 0.111. The van der Waals surface area contributed by atoms with E-state index in [4.69, 9.17) is 4.74 Å². The predicted octanol–water partition coefficient (Wildman–Crippen LogP) is 4.36. The molecule has 0 saturated carbocycles. The number of rotatable bonds is 1. The van der Waals surface area contributed by atoms with Crippen molar-refractivity contribution in [3.63, 3.8) is 0 Å². The molecule has 1 aromatic heterocycles. The molecule has 0 saturated heterocycles. The van der Waals surface area contributed by atoms with Gasteiger partial charge in [0.2, 0.25) is 0 Å². The van der Waals surface area contributed by atoms with Crippen molar-refractivity contribution < 1.29 is 4.74 Å². The normalized spacial score (nSPS) is 18.1. The van der Waals surface area contributed by atoms with Gasteiger partial charge in [0, 0.05) is 4.88 Å². The van der Waals surface area contributed by atoms with Crippen LogP contribution >= 0.6 is 27.3 Å². The van der Waals surface area contributed by atoms with Crippen LogP contribution in [0.1, 0.15) is 16.5 Å². The van der Waals surface area contributed by atoms with Crippen LogP contribution in [0.15, 0.2) is 34.1 Å². The fourth-order valence-electron chi connectivity index (χ4n) is 1.99. The largest absolute Gasteiger partial charge is 0.481 e. The molecule has 0 radical (unpaired) electrons. The molecule has 1 unspecified atom stereocenters. The highest BCUT2D eigenvalue weighted by Gasteiger charge is 2.23. The smallest absolute Gasteiger partial charge is 0.150 e. The van der Waals surface area contributed by atoms with Crippen LogP contribution in [-0.2, 0) is 0 Å². The zero-order valence-electron chi connectivity index (χ0n) is 9.37. The van der Waals surface area contributed by atoms with E-state index < -0.39 is 0 Å². The Bertz CT molecular complexity index is 552. The zero-order valence-corrected chi connectivity index (χ0v) is 11.8. The fraction of sp³-hybridized carbons (Fsp3) is 0.231. The Labute approximate surface area is 113 Å². The van der Waals surface area contributed by atoms with E-state index in [1.807, 2.05) is 6.07 Å². The molecule has 88 valence electrons. The van der Waals surface area contributed by atoms with Gasteiger partial charge in [-0.05, 0) is 46.6 Å². The maximum absolute atomic E-state index is 6.09. The molecule has 0 amide bonds. The topological polar surface area (TPSA) is 21.3 Å². The Morgan fingerprint density at radius 2 is 2.24 bits per heavy atom. The predicted molar refractivity (Wildman–Crippen MR) is 75.1 cm³/mol. The summed E-state index contributed by atoms with van der Waals surface area (Å²) in [6, 6.07) is 10.4. The lowest BCUT2D eigenvalue weighted by Crippen LogP contribution is -2.23. The van der Waals surface area contributed by atoms with Crippen LogP contribution in [-0.4, -0.2) is 6.54 Å². The van der Waals surface area contributed by atoms with E-state index in [2.05, 4.69) is 52.4 Å². The van der Waals surface area contributed by atoms with Crippen LogP contribution in [0.3, 0.4) is 0 Å². The summed E-state index contributed by atoms with van der Waals surface area (Å²) in [5.74, 6) is 0.980. The monoisotopic (exact) mass is 309 g/mol. The second kappa shape index (κ2) is 4.35. The molecule has 17 heavy (non-hydrogen) atoms. The van der Waals surface area contributed by atoms with E-state index in [0.717, 1.165) is 21.8 Å². The second-order valence-corrected chi connectivity index (χ2v) is 6.58. The van der Waals surface area contributed by atoms with Gasteiger partial charge in [-0.15, -0.1) is 11.3 Å². The third-order valence-corrected chi connectivity index (χ3v) is 4.58. The first-order chi connectivity index (χ1) is 8.24. The first-order valence-electron chi connectivity index (χ1n) is 5.49. The maximum atomic E-state index is 6.09. The number of anilines is 1. The fourth-order valence-corrected chi connectivity index (χ4v) is 3.45. The summed E-state index contributed by atoms with van der Waals surface area (Å²) < 4.78 is 7.23. The van der Waals surface area contributed by atoms with Gasteiger partial charge in [0.1, 0.15) is 5.75 Å². The summed E-state index contributed by atoms with van der Waals surface area (Å²) in [5.41, 5.74) is 2.27. The molecule has 4 heteroatoms. The van der Waals surface area contributed by atoms with E-state index in [9.17, 15) is 0 Å². The van der Waals surface area contributed by atoms with Gasteiger partial charge in [-0.3, -0.25) is 0 Å². The Balaban J connectivity index is 1.92. The van der Waals surface area contributed by atoms with E-state index in [-0.39, 0.29) is 6.10 Å². The molecule has 1 aromatic carbocycles. The zero-order chi connectivity index (χ0) is 11.8. The average molecular weight is 310 g/mol. The van der Waals surface area contributed by atoms with Gasteiger partial charge in [0.15, 0.2) is 6.10 Å². The summed E-state index contributed by atoms with van der Waals surface area (Å²) in [7, 11) is 0. The molecule has 2 heterocycles. The molecule has 1 atom stereocenters. The third kappa shape index (κ3) is 2.07. The Morgan fingerprint density at radius 1 is 1.35 bits per heavy atom. The summed E-state index contributed by atoms with van der Waals surface area (Å²) in [6.45, 7) is 2.90. The number of para-hydroxylation sites is 1. The molecule has 0 fully saturated rings. The molecule has 3 rings (SSSR count). The minimum Gasteiger partial charge on any atom is -0.481 e. The lowest BCUT2D eigenvalue weighted by atomic mass is 10.1. The van der Waals surface area contributed by atoms with E-state index in [0.29, 0.717) is 0 Å². The number of nitrogens with one attached hydrogen (secondary N) is 1. The van der Waals surface area contributed by atoms with Crippen molar-refractivity contribution in [1.82, 2.24) is 0 Å². The number of benzene rings is 1. The quantitative estimate of drug-likeness (QED) is 0.845. The molecule has 2 aromatic rings. The third-order valence-electron chi connectivity index (χ3n) is 2.86. The lowest BCUT2D eigenvalue weighted by Gasteiger charge is -2.27. The highest BCUT2D eigenvalue weighted by Crippen LogP contribution is 2.38. The van der Waals surface area contributed by atoms with Crippen LogP contribution in [0.2, 0.25) is 0 Å². The number of thiophene rings is 1. The Kier molecular flexibility index (Phi) is 2.84. The number of ether oxygens (including phenoxy) is 1. The number of hydrogen-bond donors (Lipinski definition) is 1. The van der Waals surface area contributed by atoms with Gasteiger partial charge < -0.3 is 10.1 Å². The van der Waals surface area contributed by atoms with Crippen molar-refractivity contribution >= 4 is 33.0 Å². The molecular weight excluding hydrogens is 298 g/mol. The van der Waals surface area contributed by atoms with Crippen molar-refractivity contribution in [1.29, 1.82) is 0 Å². The first-order valence-corrected chi connectivity index (χ1v) is 7.10. The van der Waals surface area contributed by atoms with Gasteiger partial charge in [-0.1, -0.05) is 12.1 Å². The highest BCUT2D eigenvalue weighted by atomic mass is 79.9. The second-order valence-electron chi connectivity index (χ2n) is 4.08. The molecular formula is C13H12BrNOS. The summed E-state index contributed by atoms with van der Waals surface area (Å²) in [4.78, 5) is 1.25. The van der Waals surface area contributed by atoms with Crippen molar-refractivity contribution in [2.75, 3.05) is 11.9 Å². The van der Waals surface area contributed by atoms with Gasteiger partial charge in [-0.2, -0.15) is 0 Å². The van der Waals surface area contributed by atoms with Gasteiger partial charge in [-0.25, -0.2) is 0 Å². The summed E-state index contributed by atoms with van der Waals surface area (Å²) >= 11 is 5.21. The number of aryl methyl sites for hydroxylation is 1. The number of hydrogen-bond acceptors (Lipinski definition) is 3. The number of fused-ring (bicyclic) bond motifs is 1. The maximum Gasteiger partial charge on any atom is 0.150 e. The summed E-state index contributed by atoms with van der Waals surface area (Å²) in [5, 5.41) is 3.43. The van der Waals surface area contributed by atoms with Crippen LogP contribution in [0, 0.1) is 6.92 Å². The molecule has 1 N–H and O–H groups in total. The molecule has 0 aliphatic carbocycles. The standard InChI is InChI=1S/C13H12BrNOS/c1-8-3-2-4-9-13(8)16-10(7-15-9)11-5-6-12(14)17-11/h2-6,10,15H,7H2,1H3. The van der Waals surface area contributed by atoms with Crippen LogP contribution in [0.25, 0.3) is 0 Å². The Hall–Kier alpha value is -1.000. The van der Waals surface area contributed by atoms with E-state index in [1.54, 1.807) is 11.3 Å². The molecule has 2 nitrogen and oxygen atoms in total. The van der Waals surface area contributed by atoms with Crippen LogP contribution < -0.4 is 10.1 Å². The average Bonchev–Trinajstić information content (AvgIpc) is 2.76. The van der Waals surface area contributed by atoms with E-state index >= 15 is 0 Å². The van der Waals surface area contributed by atoms with Crippen molar-refractivity contribution in [3.8, 4) is 5.75 Å². The van der Waals surface area contributed by atoms with Gasteiger partial charge in [0.05, 0.1) is 16.0 Å². The lowest BCUT2D eigenvalue weighted by molar-refractivity contribution is 0.212. The molecule has 0 spiro atoms.